The first-order valence-corrected chi connectivity index (χ1v) is 4.67. The molecule has 0 radical (unpaired) electrons. The van der Waals surface area contributed by atoms with Crippen LogP contribution in [0.15, 0.2) is 0 Å². The van der Waals surface area contributed by atoms with Gasteiger partial charge in [-0.25, -0.2) is 8.42 Å². The van der Waals surface area contributed by atoms with Crippen LogP contribution in [0.25, 0.3) is 0 Å². The van der Waals surface area contributed by atoms with Gasteiger partial charge in [-0.1, -0.05) is 6.92 Å². The lowest BCUT2D eigenvalue weighted by atomic mass is 10.5. The van der Waals surface area contributed by atoms with Crippen molar-refractivity contribution in [3.63, 3.8) is 0 Å². The SMILES string of the molecule is CCS(=O)(=O)C(C)CN. The van der Waals surface area contributed by atoms with Gasteiger partial charge in [0.1, 0.15) is 0 Å². The molecule has 0 bridgehead atoms. The molecule has 0 rings (SSSR count). The molecule has 0 aromatic heterocycles. The van der Waals surface area contributed by atoms with Crippen LogP contribution in [-0.4, -0.2) is 26.0 Å². The van der Waals surface area contributed by atoms with Crippen LogP contribution in [-0.2, 0) is 9.84 Å². The van der Waals surface area contributed by atoms with Crippen molar-refractivity contribution < 1.29 is 8.42 Å². The van der Waals surface area contributed by atoms with Gasteiger partial charge in [0.2, 0.25) is 0 Å². The van der Waals surface area contributed by atoms with E-state index in [1.165, 1.54) is 0 Å². The Labute approximate surface area is 56.2 Å². The van der Waals surface area contributed by atoms with E-state index >= 15 is 0 Å². The number of hydrogen-bond acceptors (Lipinski definition) is 3. The van der Waals surface area contributed by atoms with E-state index in [0.29, 0.717) is 0 Å². The molecule has 0 aromatic rings. The van der Waals surface area contributed by atoms with Crippen molar-refractivity contribution in [3.8, 4) is 0 Å². The molecule has 1 atom stereocenters. The lowest BCUT2D eigenvalue weighted by Gasteiger charge is -2.06. The number of nitrogens with two attached hydrogens (primary N) is 1. The summed E-state index contributed by atoms with van der Waals surface area (Å²) < 4.78 is 21.7. The molecule has 9 heavy (non-hydrogen) atoms. The van der Waals surface area contributed by atoms with Crippen LogP contribution in [0, 0.1) is 0 Å². The summed E-state index contributed by atoms with van der Waals surface area (Å²) in [5, 5.41) is -0.387. The Kier molecular flexibility index (Phi) is 3.14. The van der Waals surface area contributed by atoms with E-state index < -0.39 is 9.84 Å². The summed E-state index contributed by atoms with van der Waals surface area (Å²) in [5.74, 6) is 0.186. The van der Waals surface area contributed by atoms with Crippen LogP contribution in [0.5, 0.6) is 0 Å². The average molecular weight is 151 g/mol. The molecule has 0 saturated heterocycles. The largest absolute Gasteiger partial charge is 0.329 e. The zero-order valence-corrected chi connectivity index (χ0v) is 6.61. The molecule has 4 heteroatoms. The second-order valence-electron chi connectivity index (χ2n) is 2.00. The third-order valence-corrected chi connectivity index (χ3v) is 3.57. The fraction of sp³-hybridized carbons (Fsp3) is 1.00. The molecule has 56 valence electrons. The molecule has 0 fully saturated rings. The Balaban J connectivity index is 4.17. The lowest BCUT2D eigenvalue weighted by molar-refractivity contribution is 0.585. The van der Waals surface area contributed by atoms with Gasteiger partial charge < -0.3 is 5.73 Å². The van der Waals surface area contributed by atoms with Crippen molar-refractivity contribution in [2.24, 2.45) is 5.73 Å². The van der Waals surface area contributed by atoms with Crippen LogP contribution in [0.3, 0.4) is 0 Å². The molecule has 3 nitrogen and oxygen atoms in total. The molecular formula is C5H13NO2S. The van der Waals surface area contributed by atoms with Gasteiger partial charge in [-0.3, -0.25) is 0 Å². The summed E-state index contributed by atoms with van der Waals surface area (Å²) in [7, 11) is -2.87. The summed E-state index contributed by atoms with van der Waals surface area (Å²) in [4.78, 5) is 0. The van der Waals surface area contributed by atoms with Crippen LogP contribution < -0.4 is 5.73 Å². The second kappa shape index (κ2) is 3.17. The quantitative estimate of drug-likeness (QED) is 0.606. The molecule has 0 saturated carbocycles. The van der Waals surface area contributed by atoms with E-state index in [9.17, 15) is 8.42 Å². The van der Waals surface area contributed by atoms with Gasteiger partial charge in [0.15, 0.2) is 9.84 Å². The third-order valence-electron chi connectivity index (χ3n) is 1.35. The van der Waals surface area contributed by atoms with Gasteiger partial charge in [-0.05, 0) is 6.92 Å². The van der Waals surface area contributed by atoms with Crippen molar-refractivity contribution in [1.82, 2.24) is 0 Å². The van der Waals surface area contributed by atoms with Gasteiger partial charge in [0.25, 0.3) is 0 Å². The first kappa shape index (κ1) is 8.91. The monoisotopic (exact) mass is 151 g/mol. The normalized spacial score (nSPS) is 15.4. The van der Waals surface area contributed by atoms with Crippen molar-refractivity contribution in [2.75, 3.05) is 12.3 Å². The second-order valence-corrected chi connectivity index (χ2v) is 4.71. The highest BCUT2D eigenvalue weighted by atomic mass is 32.2. The fourth-order valence-corrected chi connectivity index (χ4v) is 1.29. The summed E-state index contributed by atoms with van der Waals surface area (Å²) in [6.45, 7) is 3.47. The highest BCUT2D eigenvalue weighted by Gasteiger charge is 2.15. The zero-order valence-electron chi connectivity index (χ0n) is 5.79. The van der Waals surface area contributed by atoms with Crippen molar-refractivity contribution in [3.05, 3.63) is 0 Å². The molecule has 1 unspecified atom stereocenters. The summed E-state index contributed by atoms with van der Waals surface area (Å²) in [6.07, 6.45) is 0. The number of rotatable bonds is 3. The van der Waals surface area contributed by atoms with E-state index in [-0.39, 0.29) is 17.5 Å². The minimum absolute atomic E-state index is 0.186. The van der Waals surface area contributed by atoms with Gasteiger partial charge in [0, 0.05) is 12.3 Å². The lowest BCUT2D eigenvalue weighted by Crippen LogP contribution is -2.27. The van der Waals surface area contributed by atoms with Crippen LogP contribution in [0.1, 0.15) is 13.8 Å². The van der Waals surface area contributed by atoms with Crippen LogP contribution >= 0.6 is 0 Å². The predicted molar refractivity (Wildman–Crippen MR) is 38.0 cm³/mol. The maximum Gasteiger partial charge on any atom is 0.153 e. The average Bonchev–Trinajstić information content (AvgIpc) is 1.86. The highest BCUT2D eigenvalue weighted by molar-refractivity contribution is 7.92. The Hall–Kier alpha value is -0.0900. The van der Waals surface area contributed by atoms with E-state index in [1.807, 2.05) is 0 Å². The molecular weight excluding hydrogens is 138 g/mol. The van der Waals surface area contributed by atoms with Crippen LogP contribution in [0.2, 0.25) is 0 Å². The maximum atomic E-state index is 10.9. The minimum atomic E-state index is -2.87. The van der Waals surface area contributed by atoms with E-state index in [0.717, 1.165) is 0 Å². The Bertz CT molecular complexity index is 162. The molecule has 0 amide bonds. The molecule has 2 N–H and O–H groups in total. The number of hydrogen-bond donors (Lipinski definition) is 1. The van der Waals surface area contributed by atoms with Gasteiger partial charge >= 0.3 is 0 Å². The molecule has 0 aliphatic carbocycles. The first-order valence-electron chi connectivity index (χ1n) is 2.96. The smallest absolute Gasteiger partial charge is 0.153 e. The summed E-state index contributed by atoms with van der Waals surface area (Å²) >= 11 is 0. The minimum Gasteiger partial charge on any atom is -0.329 e. The Morgan fingerprint density at radius 1 is 1.56 bits per heavy atom. The fourth-order valence-electron chi connectivity index (χ4n) is 0.431. The molecule has 0 aliphatic rings. The summed E-state index contributed by atoms with van der Waals surface area (Å²) in [6, 6.07) is 0. The molecule has 0 aromatic carbocycles. The molecule has 0 heterocycles. The van der Waals surface area contributed by atoms with Crippen LogP contribution in [0.4, 0.5) is 0 Å². The zero-order chi connectivity index (χ0) is 7.49. The maximum absolute atomic E-state index is 10.9. The molecule has 0 aliphatic heterocycles. The highest BCUT2D eigenvalue weighted by Crippen LogP contribution is 1.97. The van der Waals surface area contributed by atoms with Gasteiger partial charge in [0.05, 0.1) is 5.25 Å². The summed E-state index contributed by atoms with van der Waals surface area (Å²) in [5.41, 5.74) is 5.15. The van der Waals surface area contributed by atoms with Crippen molar-refractivity contribution >= 4 is 9.84 Å². The van der Waals surface area contributed by atoms with E-state index in [1.54, 1.807) is 13.8 Å². The Morgan fingerprint density at radius 2 is 2.00 bits per heavy atom. The van der Waals surface area contributed by atoms with E-state index in [2.05, 4.69) is 0 Å². The standard InChI is InChI=1S/C5H13NO2S/c1-3-9(7,8)5(2)4-6/h5H,3-4,6H2,1-2H3. The topological polar surface area (TPSA) is 60.2 Å². The third kappa shape index (κ3) is 2.32. The van der Waals surface area contributed by atoms with Gasteiger partial charge in [-0.2, -0.15) is 0 Å². The van der Waals surface area contributed by atoms with E-state index in [4.69, 9.17) is 5.73 Å². The molecule has 0 spiro atoms. The Morgan fingerprint density at radius 3 is 2.11 bits per heavy atom. The number of sulfone groups is 1. The first-order chi connectivity index (χ1) is 4.04. The van der Waals surface area contributed by atoms with Gasteiger partial charge in [-0.15, -0.1) is 0 Å². The van der Waals surface area contributed by atoms with Crippen molar-refractivity contribution in [1.29, 1.82) is 0 Å². The predicted octanol–water partition coefficient (Wildman–Crippen LogP) is -0.232. The van der Waals surface area contributed by atoms with Crippen molar-refractivity contribution in [2.45, 2.75) is 19.1 Å².